The van der Waals surface area contributed by atoms with Crippen LogP contribution in [0.1, 0.15) is 45.9 Å². The zero-order valence-corrected chi connectivity index (χ0v) is 20.5. The van der Waals surface area contributed by atoms with E-state index in [9.17, 15) is 9.59 Å². The Kier molecular flexibility index (Phi) is 7.16. The molecule has 1 aliphatic heterocycles. The van der Waals surface area contributed by atoms with Gasteiger partial charge in [-0.1, -0.05) is 5.16 Å². The molecule has 3 aromatic rings. The van der Waals surface area contributed by atoms with Crippen LogP contribution in [0.5, 0.6) is 11.5 Å². The summed E-state index contributed by atoms with van der Waals surface area (Å²) in [6, 6.07) is 5.16. The van der Waals surface area contributed by atoms with Crippen molar-refractivity contribution < 1.29 is 23.6 Å². The molecule has 0 saturated carbocycles. The van der Waals surface area contributed by atoms with Crippen molar-refractivity contribution in [2.75, 3.05) is 25.5 Å². The lowest BCUT2D eigenvalue weighted by atomic mass is 9.95. The predicted octanol–water partition coefficient (Wildman–Crippen LogP) is 4.13. The number of ether oxygens (including phenoxy) is 2. The number of piperidine rings is 1. The minimum atomic E-state index is -0.136. The summed E-state index contributed by atoms with van der Waals surface area (Å²) in [6.45, 7) is 6.91. The second-order valence-electron chi connectivity index (χ2n) is 8.31. The number of benzene rings is 1. The average molecular weight is 485 g/mol. The van der Waals surface area contributed by atoms with Crippen LogP contribution < -0.4 is 14.8 Å². The highest BCUT2D eigenvalue weighted by atomic mass is 32.1. The summed E-state index contributed by atoms with van der Waals surface area (Å²) in [4.78, 5) is 31.7. The molecule has 0 bridgehead atoms. The molecule has 0 atom stereocenters. The molecular weight excluding hydrogens is 456 g/mol. The van der Waals surface area contributed by atoms with Crippen LogP contribution in [0.4, 0.5) is 5.13 Å². The zero-order valence-electron chi connectivity index (χ0n) is 19.7. The van der Waals surface area contributed by atoms with Crippen molar-refractivity contribution in [1.82, 2.24) is 15.0 Å². The number of methoxy groups -OCH3 is 1. The van der Waals surface area contributed by atoms with E-state index in [0.29, 0.717) is 60.5 Å². The van der Waals surface area contributed by atoms with E-state index in [1.54, 1.807) is 30.2 Å². The van der Waals surface area contributed by atoms with Crippen LogP contribution in [0.2, 0.25) is 0 Å². The van der Waals surface area contributed by atoms with Crippen LogP contribution in [-0.2, 0) is 11.4 Å². The molecular formula is C24H28N4O5S. The molecule has 10 heteroatoms. The summed E-state index contributed by atoms with van der Waals surface area (Å²) in [5.74, 6) is 1.45. The fourth-order valence-corrected chi connectivity index (χ4v) is 4.62. The number of amides is 2. The third-order valence-electron chi connectivity index (χ3n) is 5.97. The minimum Gasteiger partial charge on any atom is -0.493 e. The molecule has 34 heavy (non-hydrogen) atoms. The van der Waals surface area contributed by atoms with Crippen LogP contribution >= 0.6 is 11.3 Å². The largest absolute Gasteiger partial charge is 0.493 e. The summed E-state index contributed by atoms with van der Waals surface area (Å²) in [5, 5.41) is 9.33. The summed E-state index contributed by atoms with van der Waals surface area (Å²) in [6.07, 6.45) is 1.22. The maximum absolute atomic E-state index is 13.1. The quantitative estimate of drug-likeness (QED) is 0.537. The minimum absolute atomic E-state index is 0.0390. The Hall–Kier alpha value is -3.40. The van der Waals surface area contributed by atoms with Crippen molar-refractivity contribution in [3.8, 4) is 11.5 Å². The number of carbonyl (C=O) groups excluding carboxylic acids is 2. The smallest absolute Gasteiger partial charge is 0.253 e. The number of rotatable bonds is 7. The molecule has 3 heterocycles. The SMILES string of the molecule is COc1cc(C(=O)N2CCC(C(=O)Nc3nc(C)cs3)CC2)ccc1OCc1c(C)noc1C. The Morgan fingerprint density at radius 1 is 1.21 bits per heavy atom. The first-order valence-corrected chi connectivity index (χ1v) is 12.0. The van der Waals surface area contributed by atoms with E-state index >= 15 is 0 Å². The van der Waals surface area contributed by atoms with Gasteiger partial charge in [0.1, 0.15) is 12.4 Å². The van der Waals surface area contributed by atoms with Crippen molar-refractivity contribution >= 4 is 28.3 Å². The summed E-state index contributed by atoms with van der Waals surface area (Å²) in [5.41, 5.74) is 3.07. The summed E-state index contributed by atoms with van der Waals surface area (Å²) in [7, 11) is 1.54. The van der Waals surface area contributed by atoms with E-state index < -0.39 is 0 Å². The molecule has 2 aromatic heterocycles. The van der Waals surface area contributed by atoms with E-state index in [4.69, 9.17) is 14.0 Å². The second-order valence-corrected chi connectivity index (χ2v) is 9.16. The molecule has 1 aromatic carbocycles. The average Bonchev–Trinajstić information content (AvgIpc) is 3.40. The lowest BCUT2D eigenvalue weighted by Gasteiger charge is -2.31. The molecule has 0 spiro atoms. The molecule has 1 fully saturated rings. The second kappa shape index (κ2) is 10.3. The van der Waals surface area contributed by atoms with E-state index in [0.717, 1.165) is 17.0 Å². The monoisotopic (exact) mass is 484 g/mol. The predicted molar refractivity (Wildman–Crippen MR) is 127 cm³/mol. The number of aromatic nitrogens is 2. The number of nitrogens with one attached hydrogen (secondary N) is 1. The first-order chi connectivity index (χ1) is 16.4. The number of aryl methyl sites for hydroxylation is 3. The van der Waals surface area contributed by atoms with Gasteiger partial charge >= 0.3 is 0 Å². The Labute approximate surface area is 202 Å². The molecule has 2 amide bonds. The lowest BCUT2D eigenvalue weighted by Crippen LogP contribution is -2.41. The fraction of sp³-hybridized carbons (Fsp3) is 0.417. The van der Waals surface area contributed by atoms with Crippen LogP contribution in [0.15, 0.2) is 28.1 Å². The van der Waals surface area contributed by atoms with E-state index in [1.807, 2.05) is 26.2 Å². The van der Waals surface area contributed by atoms with E-state index in [-0.39, 0.29) is 17.7 Å². The number of hydrogen-bond donors (Lipinski definition) is 1. The van der Waals surface area contributed by atoms with Crippen LogP contribution in [0.25, 0.3) is 0 Å². The van der Waals surface area contributed by atoms with Crippen molar-refractivity contribution in [2.24, 2.45) is 5.92 Å². The van der Waals surface area contributed by atoms with Gasteiger partial charge in [-0.15, -0.1) is 11.3 Å². The molecule has 0 radical (unpaired) electrons. The molecule has 1 aliphatic rings. The van der Waals surface area contributed by atoms with Gasteiger partial charge in [0.25, 0.3) is 5.91 Å². The van der Waals surface area contributed by atoms with Crippen LogP contribution in [-0.4, -0.2) is 47.1 Å². The Morgan fingerprint density at radius 3 is 2.59 bits per heavy atom. The van der Waals surface area contributed by atoms with Gasteiger partial charge in [-0.25, -0.2) is 4.98 Å². The molecule has 0 unspecified atom stereocenters. The maximum atomic E-state index is 13.1. The first kappa shape index (κ1) is 23.7. The van der Waals surface area contributed by atoms with Gasteiger partial charge in [0, 0.05) is 30.0 Å². The van der Waals surface area contributed by atoms with E-state index in [1.165, 1.54) is 11.3 Å². The summed E-state index contributed by atoms with van der Waals surface area (Å²) < 4.78 is 16.5. The van der Waals surface area contributed by atoms with Crippen molar-refractivity contribution in [3.63, 3.8) is 0 Å². The normalized spacial score (nSPS) is 14.2. The van der Waals surface area contributed by atoms with Gasteiger partial charge in [0.05, 0.1) is 24.1 Å². The number of nitrogens with zero attached hydrogens (tertiary/aromatic N) is 3. The molecule has 9 nitrogen and oxygen atoms in total. The molecule has 180 valence electrons. The number of carbonyl (C=O) groups is 2. The highest BCUT2D eigenvalue weighted by molar-refractivity contribution is 7.13. The molecule has 4 rings (SSSR count). The molecule has 1 saturated heterocycles. The van der Waals surface area contributed by atoms with Gasteiger partial charge in [-0.2, -0.15) is 0 Å². The fourth-order valence-electron chi connectivity index (χ4n) is 3.92. The molecule has 0 aliphatic carbocycles. The lowest BCUT2D eigenvalue weighted by molar-refractivity contribution is -0.121. The van der Waals surface area contributed by atoms with Crippen LogP contribution in [0, 0.1) is 26.7 Å². The van der Waals surface area contributed by atoms with Crippen molar-refractivity contribution in [2.45, 2.75) is 40.2 Å². The number of anilines is 1. The van der Waals surface area contributed by atoms with Gasteiger partial charge < -0.3 is 24.2 Å². The number of hydrogen-bond acceptors (Lipinski definition) is 8. The maximum Gasteiger partial charge on any atom is 0.253 e. The summed E-state index contributed by atoms with van der Waals surface area (Å²) >= 11 is 1.42. The third-order valence-corrected chi connectivity index (χ3v) is 6.84. The van der Waals surface area contributed by atoms with Gasteiger partial charge in [-0.3, -0.25) is 9.59 Å². The third kappa shape index (κ3) is 5.22. The van der Waals surface area contributed by atoms with E-state index in [2.05, 4.69) is 15.5 Å². The topological polar surface area (TPSA) is 107 Å². The number of likely N-dealkylation sites (tertiary alicyclic amines) is 1. The Bertz CT molecular complexity index is 1160. The van der Waals surface area contributed by atoms with Crippen molar-refractivity contribution in [1.29, 1.82) is 0 Å². The standard InChI is InChI=1S/C24H28N4O5S/c1-14-13-34-24(25-14)26-22(29)17-7-9-28(10-8-17)23(30)18-5-6-20(21(11-18)31-4)32-12-19-15(2)27-33-16(19)3/h5-6,11,13,17H,7-10,12H2,1-4H3,(H,25,26,29). The first-order valence-electron chi connectivity index (χ1n) is 11.1. The van der Waals surface area contributed by atoms with Gasteiger partial charge in [-0.05, 0) is 51.8 Å². The number of thiazole rings is 1. The van der Waals surface area contributed by atoms with Crippen LogP contribution in [0.3, 0.4) is 0 Å². The zero-order chi connectivity index (χ0) is 24.2. The molecule has 1 N–H and O–H groups in total. The highest BCUT2D eigenvalue weighted by Crippen LogP contribution is 2.31. The van der Waals surface area contributed by atoms with Gasteiger partial charge in [0.15, 0.2) is 16.6 Å². The Balaban J connectivity index is 1.35. The highest BCUT2D eigenvalue weighted by Gasteiger charge is 2.28. The Morgan fingerprint density at radius 2 is 1.97 bits per heavy atom. The van der Waals surface area contributed by atoms with Gasteiger partial charge in [0.2, 0.25) is 5.91 Å². The van der Waals surface area contributed by atoms with Crippen molar-refractivity contribution in [3.05, 3.63) is 51.9 Å².